The van der Waals surface area contributed by atoms with Crippen LogP contribution in [0.4, 0.5) is 23.7 Å². The summed E-state index contributed by atoms with van der Waals surface area (Å²) in [6, 6.07) is 4.16. The summed E-state index contributed by atoms with van der Waals surface area (Å²) in [4.78, 5) is 22.4. The minimum absolute atomic E-state index is 0.110. The van der Waals surface area contributed by atoms with Crippen LogP contribution in [0, 0.1) is 0 Å². The van der Waals surface area contributed by atoms with Crippen LogP contribution in [-0.2, 0) is 4.79 Å². The van der Waals surface area contributed by atoms with Gasteiger partial charge in [-0.05, 0) is 32.4 Å². The molecule has 2 amide bonds. The molecule has 0 aliphatic heterocycles. The monoisotopic (exact) mass is 334 g/mol. The van der Waals surface area contributed by atoms with Gasteiger partial charge in [-0.15, -0.1) is 13.2 Å². The zero-order valence-electron chi connectivity index (χ0n) is 12.5. The number of carbonyl (C=O) groups excluding carboxylic acids is 1. The van der Waals surface area contributed by atoms with Gasteiger partial charge in [0.1, 0.15) is 5.75 Å². The maximum absolute atomic E-state index is 12.1. The van der Waals surface area contributed by atoms with Gasteiger partial charge >= 0.3 is 18.4 Å². The number of halogens is 3. The lowest BCUT2D eigenvalue weighted by atomic mass is 9.99. The van der Waals surface area contributed by atoms with Gasteiger partial charge in [-0.1, -0.05) is 6.07 Å². The van der Waals surface area contributed by atoms with Crippen molar-refractivity contribution in [1.82, 2.24) is 5.32 Å². The predicted molar refractivity (Wildman–Crippen MR) is 76.2 cm³/mol. The number of aliphatic carboxylic acids is 1. The summed E-state index contributed by atoms with van der Waals surface area (Å²) in [5.41, 5.74) is -0.680. The van der Waals surface area contributed by atoms with Crippen LogP contribution in [0.1, 0.15) is 26.7 Å². The molecule has 1 aromatic carbocycles. The number of carbonyl (C=O) groups is 2. The Kier molecular flexibility index (Phi) is 5.83. The molecule has 1 aromatic rings. The van der Waals surface area contributed by atoms with Crippen LogP contribution in [0.3, 0.4) is 0 Å². The molecule has 0 aliphatic carbocycles. The molecule has 0 radical (unpaired) electrons. The number of rotatable bonds is 6. The highest BCUT2D eigenvalue weighted by atomic mass is 19.4. The molecule has 0 bridgehead atoms. The number of alkyl halides is 3. The van der Waals surface area contributed by atoms with E-state index in [1.165, 1.54) is 12.1 Å². The van der Waals surface area contributed by atoms with Crippen LogP contribution in [0.2, 0.25) is 0 Å². The average molecular weight is 334 g/mol. The first-order valence-electron chi connectivity index (χ1n) is 6.64. The van der Waals surface area contributed by atoms with E-state index in [0.717, 1.165) is 12.1 Å². The number of anilines is 1. The van der Waals surface area contributed by atoms with Crippen LogP contribution >= 0.6 is 0 Å². The summed E-state index contributed by atoms with van der Waals surface area (Å²) in [7, 11) is 0. The number of carboxylic acid groups (broad SMARTS) is 1. The molecular formula is C14H17F3N2O4. The van der Waals surface area contributed by atoms with Crippen molar-refractivity contribution in [3.8, 4) is 5.75 Å². The van der Waals surface area contributed by atoms with E-state index in [-0.39, 0.29) is 18.5 Å². The molecule has 128 valence electrons. The van der Waals surface area contributed by atoms with E-state index in [4.69, 9.17) is 5.11 Å². The molecule has 3 N–H and O–H groups in total. The fourth-order valence-electron chi connectivity index (χ4n) is 1.72. The first-order valence-corrected chi connectivity index (χ1v) is 6.64. The summed E-state index contributed by atoms with van der Waals surface area (Å²) in [5.74, 6) is -1.45. The van der Waals surface area contributed by atoms with Gasteiger partial charge in [0.25, 0.3) is 0 Å². The molecular weight excluding hydrogens is 317 g/mol. The summed E-state index contributed by atoms with van der Waals surface area (Å²) in [6.07, 6.45) is -4.74. The molecule has 6 nitrogen and oxygen atoms in total. The lowest BCUT2D eigenvalue weighted by Gasteiger charge is -2.25. The zero-order chi connectivity index (χ0) is 17.7. The van der Waals surface area contributed by atoms with Crippen LogP contribution in [0.5, 0.6) is 5.75 Å². The second kappa shape index (κ2) is 7.21. The third-order valence-electron chi connectivity index (χ3n) is 2.74. The molecule has 0 heterocycles. The first-order chi connectivity index (χ1) is 10.5. The van der Waals surface area contributed by atoms with Gasteiger partial charge in [0, 0.05) is 23.7 Å². The van der Waals surface area contributed by atoms with Crippen LogP contribution in [0.25, 0.3) is 0 Å². The standard InChI is InChI=1S/C14H17F3N2O4/c1-13(2,7-6-11(20)21)19-12(22)18-9-4-3-5-10(8-9)23-14(15,16)17/h3-5,8H,6-7H2,1-2H3,(H,20,21)(H2,18,19,22). The Hall–Kier alpha value is -2.45. The number of amides is 2. The predicted octanol–water partition coefficient (Wildman–Crippen LogP) is 3.35. The van der Waals surface area contributed by atoms with Gasteiger partial charge in [0.2, 0.25) is 0 Å². The van der Waals surface area contributed by atoms with E-state index in [1.807, 2.05) is 0 Å². The Bertz CT molecular complexity index is 573. The van der Waals surface area contributed by atoms with Crippen molar-refractivity contribution in [1.29, 1.82) is 0 Å². The van der Waals surface area contributed by atoms with Gasteiger partial charge in [-0.25, -0.2) is 4.79 Å². The molecule has 0 aliphatic rings. The van der Waals surface area contributed by atoms with Crippen molar-refractivity contribution >= 4 is 17.7 Å². The van der Waals surface area contributed by atoms with E-state index in [1.54, 1.807) is 13.8 Å². The topological polar surface area (TPSA) is 87.7 Å². The molecule has 0 atom stereocenters. The maximum atomic E-state index is 12.1. The molecule has 0 spiro atoms. The summed E-state index contributed by atoms with van der Waals surface area (Å²) in [5, 5.41) is 13.6. The normalized spacial score (nSPS) is 11.7. The third kappa shape index (κ3) is 7.93. The molecule has 0 aromatic heterocycles. The van der Waals surface area contributed by atoms with E-state index >= 15 is 0 Å². The number of hydrogen-bond donors (Lipinski definition) is 3. The smallest absolute Gasteiger partial charge is 0.481 e. The first kappa shape index (κ1) is 18.6. The fourth-order valence-corrected chi connectivity index (χ4v) is 1.72. The van der Waals surface area contributed by atoms with Gasteiger partial charge in [-0.2, -0.15) is 0 Å². The molecule has 0 saturated heterocycles. The molecule has 0 unspecified atom stereocenters. The van der Waals surface area contributed by atoms with Crippen molar-refractivity contribution in [2.24, 2.45) is 0 Å². The molecule has 1 rings (SSSR count). The minimum atomic E-state index is -4.82. The quantitative estimate of drug-likeness (QED) is 0.744. The number of hydrogen-bond acceptors (Lipinski definition) is 3. The number of urea groups is 1. The third-order valence-corrected chi connectivity index (χ3v) is 2.74. The van der Waals surface area contributed by atoms with E-state index in [2.05, 4.69) is 15.4 Å². The van der Waals surface area contributed by atoms with Crippen LogP contribution < -0.4 is 15.4 Å². The minimum Gasteiger partial charge on any atom is -0.481 e. The van der Waals surface area contributed by atoms with Crippen molar-refractivity contribution in [2.45, 2.75) is 38.6 Å². The fraction of sp³-hybridized carbons (Fsp3) is 0.429. The maximum Gasteiger partial charge on any atom is 0.573 e. The Labute approximate surface area is 130 Å². The van der Waals surface area contributed by atoms with E-state index in [9.17, 15) is 22.8 Å². The SMILES string of the molecule is CC(C)(CCC(=O)O)NC(=O)Nc1cccc(OC(F)(F)F)c1. The lowest BCUT2D eigenvalue weighted by molar-refractivity contribution is -0.274. The Morgan fingerprint density at radius 3 is 2.48 bits per heavy atom. The summed E-state index contributed by atoms with van der Waals surface area (Å²) < 4.78 is 40.2. The highest BCUT2D eigenvalue weighted by Gasteiger charge is 2.31. The number of ether oxygens (including phenoxy) is 1. The number of carboxylic acids is 1. The molecule has 0 fully saturated rings. The second-order valence-corrected chi connectivity index (χ2v) is 5.43. The van der Waals surface area contributed by atoms with Gasteiger partial charge < -0.3 is 20.5 Å². The average Bonchev–Trinajstić information content (AvgIpc) is 2.34. The van der Waals surface area contributed by atoms with E-state index < -0.39 is 29.7 Å². The van der Waals surface area contributed by atoms with Gasteiger partial charge in [0.15, 0.2) is 0 Å². The Morgan fingerprint density at radius 1 is 1.26 bits per heavy atom. The lowest BCUT2D eigenvalue weighted by Crippen LogP contribution is -2.45. The Morgan fingerprint density at radius 2 is 1.91 bits per heavy atom. The highest BCUT2D eigenvalue weighted by Crippen LogP contribution is 2.25. The van der Waals surface area contributed by atoms with Crippen molar-refractivity contribution in [3.63, 3.8) is 0 Å². The highest BCUT2D eigenvalue weighted by molar-refractivity contribution is 5.89. The second-order valence-electron chi connectivity index (χ2n) is 5.43. The molecule has 0 saturated carbocycles. The van der Waals surface area contributed by atoms with Crippen LogP contribution in [0.15, 0.2) is 24.3 Å². The van der Waals surface area contributed by atoms with Gasteiger partial charge in [0.05, 0.1) is 0 Å². The number of nitrogens with one attached hydrogen (secondary N) is 2. The molecule has 23 heavy (non-hydrogen) atoms. The zero-order valence-corrected chi connectivity index (χ0v) is 12.5. The van der Waals surface area contributed by atoms with Crippen molar-refractivity contribution < 1.29 is 32.6 Å². The largest absolute Gasteiger partial charge is 0.573 e. The Balaban J connectivity index is 2.63. The van der Waals surface area contributed by atoms with E-state index in [0.29, 0.717) is 0 Å². The summed E-state index contributed by atoms with van der Waals surface area (Å²) >= 11 is 0. The van der Waals surface area contributed by atoms with Gasteiger partial charge in [-0.3, -0.25) is 4.79 Å². The van der Waals surface area contributed by atoms with Crippen LogP contribution in [-0.4, -0.2) is 29.0 Å². The summed E-state index contributed by atoms with van der Waals surface area (Å²) in [6.45, 7) is 3.28. The van der Waals surface area contributed by atoms with Crippen molar-refractivity contribution in [2.75, 3.05) is 5.32 Å². The molecule has 9 heteroatoms. The van der Waals surface area contributed by atoms with Crippen molar-refractivity contribution in [3.05, 3.63) is 24.3 Å². The number of benzene rings is 1.